The van der Waals surface area contributed by atoms with Gasteiger partial charge in [0.15, 0.2) is 11.3 Å². The van der Waals surface area contributed by atoms with Crippen LogP contribution in [-0.2, 0) is 0 Å². The van der Waals surface area contributed by atoms with Gasteiger partial charge in [-0.05, 0) is 24.3 Å². The lowest BCUT2D eigenvalue weighted by atomic mass is 10.1. The highest BCUT2D eigenvalue weighted by atomic mass is 35.5. The number of halogens is 2. The van der Waals surface area contributed by atoms with Crippen molar-refractivity contribution in [2.24, 2.45) is 0 Å². The van der Waals surface area contributed by atoms with Crippen LogP contribution in [-0.4, -0.2) is 10.7 Å². The van der Waals surface area contributed by atoms with Crippen molar-refractivity contribution in [3.63, 3.8) is 0 Å². The first-order chi connectivity index (χ1) is 10.9. The quantitative estimate of drug-likeness (QED) is 0.427. The highest BCUT2D eigenvalue weighted by molar-refractivity contribution is 6.38. The minimum Gasteiger partial charge on any atom is -0.449 e. The molecule has 116 valence electrons. The number of ketones is 1. The number of rotatable bonds is 3. The SMILES string of the molecule is Nc1c(C(=O)c2ccc([N+](=O)[O-])cc2)oc2c(Cl)cc(Cl)cc12. The first-order valence-corrected chi connectivity index (χ1v) is 7.10. The minimum atomic E-state index is -0.550. The summed E-state index contributed by atoms with van der Waals surface area (Å²) in [5.41, 5.74) is 6.43. The molecule has 8 heteroatoms. The number of hydrogen-bond acceptors (Lipinski definition) is 5. The van der Waals surface area contributed by atoms with E-state index in [1.54, 1.807) is 6.07 Å². The van der Waals surface area contributed by atoms with Gasteiger partial charge < -0.3 is 10.2 Å². The van der Waals surface area contributed by atoms with Gasteiger partial charge in [-0.1, -0.05) is 23.2 Å². The van der Waals surface area contributed by atoms with Crippen molar-refractivity contribution >= 4 is 51.3 Å². The molecule has 2 N–H and O–H groups in total. The van der Waals surface area contributed by atoms with Crippen LogP contribution in [0.4, 0.5) is 11.4 Å². The molecule has 0 fully saturated rings. The summed E-state index contributed by atoms with van der Waals surface area (Å²) in [6.07, 6.45) is 0. The van der Waals surface area contributed by atoms with E-state index in [9.17, 15) is 14.9 Å². The molecule has 1 aromatic heterocycles. The highest BCUT2D eigenvalue weighted by Crippen LogP contribution is 2.36. The minimum absolute atomic E-state index is 0.0852. The molecule has 1 heterocycles. The number of nitro groups is 1. The Bertz CT molecular complexity index is 948. The number of anilines is 1. The summed E-state index contributed by atoms with van der Waals surface area (Å²) in [6, 6.07) is 8.16. The molecule has 6 nitrogen and oxygen atoms in total. The molecule has 0 saturated heterocycles. The molecule has 23 heavy (non-hydrogen) atoms. The molecule has 0 spiro atoms. The third-order valence-electron chi connectivity index (χ3n) is 3.29. The fraction of sp³-hybridized carbons (Fsp3) is 0. The summed E-state index contributed by atoms with van der Waals surface area (Å²) in [4.78, 5) is 22.6. The molecular weight excluding hydrogens is 343 g/mol. The van der Waals surface area contributed by atoms with Crippen molar-refractivity contribution in [2.45, 2.75) is 0 Å². The molecule has 0 aliphatic carbocycles. The average molecular weight is 351 g/mol. The van der Waals surface area contributed by atoms with E-state index < -0.39 is 10.7 Å². The van der Waals surface area contributed by atoms with Crippen LogP contribution in [0.1, 0.15) is 16.1 Å². The molecule has 0 radical (unpaired) electrons. The van der Waals surface area contributed by atoms with Gasteiger partial charge >= 0.3 is 0 Å². The standard InChI is InChI=1S/C15H8Cl2N2O4/c16-8-5-10-12(18)15(23-14(10)11(17)6-8)13(20)7-1-3-9(4-2-7)19(21)22/h1-6H,18H2. The van der Waals surface area contributed by atoms with Crippen LogP contribution in [0.3, 0.4) is 0 Å². The van der Waals surface area contributed by atoms with Crippen molar-refractivity contribution in [3.8, 4) is 0 Å². The molecule has 0 aliphatic rings. The lowest BCUT2D eigenvalue weighted by Gasteiger charge is -1.99. The van der Waals surface area contributed by atoms with Crippen LogP contribution < -0.4 is 5.73 Å². The number of nitro benzene ring substituents is 1. The predicted molar refractivity (Wildman–Crippen MR) is 87.2 cm³/mol. The van der Waals surface area contributed by atoms with Crippen molar-refractivity contribution in [1.29, 1.82) is 0 Å². The monoisotopic (exact) mass is 350 g/mol. The van der Waals surface area contributed by atoms with Gasteiger partial charge in [0.1, 0.15) is 0 Å². The van der Waals surface area contributed by atoms with Crippen molar-refractivity contribution in [3.05, 3.63) is 67.9 Å². The number of furan rings is 1. The largest absolute Gasteiger partial charge is 0.449 e. The van der Waals surface area contributed by atoms with Gasteiger partial charge in [-0.3, -0.25) is 14.9 Å². The Labute approximate surface area is 139 Å². The zero-order chi connectivity index (χ0) is 16.7. The smallest absolute Gasteiger partial charge is 0.269 e. The summed E-state index contributed by atoms with van der Waals surface area (Å²) in [5, 5.41) is 11.7. The summed E-state index contributed by atoms with van der Waals surface area (Å²) in [5.74, 6) is -0.584. The van der Waals surface area contributed by atoms with Crippen LogP contribution >= 0.6 is 23.2 Å². The van der Waals surface area contributed by atoms with Crippen LogP contribution in [0.25, 0.3) is 11.0 Å². The maximum atomic E-state index is 12.5. The number of carbonyl (C=O) groups is 1. The molecule has 0 unspecified atom stereocenters. The zero-order valence-corrected chi connectivity index (χ0v) is 12.9. The van der Waals surface area contributed by atoms with Gasteiger partial charge in [-0.25, -0.2) is 0 Å². The Balaban J connectivity index is 2.09. The van der Waals surface area contributed by atoms with E-state index in [1.807, 2.05) is 0 Å². The Morgan fingerprint density at radius 3 is 2.43 bits per heavy atom. The molecule has 0 bridgehead atoms. The predicted octanol–water partition coefficient (Wildman–Crippen LogP) is 4.46. The van der Waals surface area contributed by atoms with E-state index in [2.05, 4.69) is 0 Å². The van der Waals surface area contributed by atoms with Gasteiger partial charge in [-0.15, -0.1) is 0 Å². The van der Waals surface area contributed by atoms with E-state index in [4.69, 9.17) is 33.4 Å². The summed E-state index contributed by atoms with van der Waals surface area (Å²) in [7, 11) is 0. The molecule has 0 aliphatic heterocycles. The second-order valence-corrected chi connectivity index (χ2v) is 5.59. The highest BCUT2D eigenvalue weighted by Gasteiger charge is 2.22. The molecular formula is C15H8Cl2N2O4. The number of nitrogen functional groups attached to an aromatic ring is 1. The van der Waals surface area contributed by atoms with E-state index in [0.717, 1.165) is 0 Å². The van der Waals surface area contributed by atoms with Gasteiger partial charge in [0.25, 0.3) is 5.69 Å². The van der Waals surface area contributed by atoms with Gasteiger partial charge in [-0.2, -0.15) is 0 Å². The Morgan fingerprint density at radius 2 is 1.83 bits per heavy atom. The lowest BCUT2D eigenvalue weighted by Crippen LogP contribution is -2.03. The molecule has 3 rings (SSSR count). The average Bonchev–Trinajstić information content (AvgIpc) is 2.84. The van der Waals surface area contributed by atoms with Crippen LogP contribution in [0, 0.1) is 10.1 Å². The summed E-state index contributed by atoms with van der Waals surface area (Å²) < 4.78 is 5.48. The van der Waals surface area contributed by atoms with Crippen LogP contribution in [0.2, 0.25) is 10.0 Å². The van der Waals surface area contributed by atoms with Crippen LogP contribution in [0.5, 0.6) is 0 Å². The maximum absolute atomic E-state index is 12.5. The van der Waals surface area contributed by atoms with Crippen LogP contribution in [0.15, 0.2) is 40.8 Å². The van der Waals surface area contributed by atoms with Gasteiger partial charge in [0.05, 0.1) is 15.6 Å². The van der Waals surface area contributed by atoms with E-state index in [1.165, 1.54) is 30.3 Å². The van der Waals surface area contributed by atoms with Gasteiger partial charge in [0.2, 0.25) is 5.78 Å². The van der Waals surface area contributed by atoms with E-state index in [-0.39, 0.29) is 33.3 Å². The number of hydrogen-bond donors (Lipinski definition) is 1. The molecule has 0 saturated carbocycles. The van der Waals surface area contributed by atoms with E-state index in [0.29, 0.717) is 10.4 Å². The third-order valence-corrected chi connectivity index (χ3v) is 3.79. The second-order valence-electron chi connectivity index (χ2n) is 4.74. The Hall–Kier alpha value is -2.57. The summed E-state index contributed by atoms with van der Waals surface area (Å²) in [6.45, 7) is 0. The molecule has 0 atom stereocenters. The Morgan fingerprint density at radius 1 is 1.17 bits per heavy atom. The zero-order valence-electron chi connectivity index (χ0n) is 11.4. The number of nitrogens with zero attached hydrogens (tertiary/aromatic N) is 1. The van der Waals surface area contributed by atoms with Gasteiger partial charge in [0, 0.05) is 28.1 Å². The van der Waals surface area contributed by atoms with Crippen molar-refractivity contribution < 1.29 is 14.1 Å². The topological polar surface area (TPSA) is 99.4 Å². The summed E-state index contributed by atoms with van der Waals surface area (Å²) >= 11 is 12.0. The molecule has 3 aromatic rings. The Kier molecular flexibility index (Phi) is 3.71. The van der Waals surface area contributed by atoms with Crippen molar-refractivity contribution in [1.82, 2.24) is 0 Å². The number of nitrogens with two attached hydrogens (primary N) is 1. The first kappa shape index (κ1) is 15.3. The van der Waals surface area contributed by atoms with Crippen molar-refractivity contribution in [2.75, 3.05) is 5.73 Å². The fourth-order valence-electron chi connectivity index (χ4n) is 2.18. The normalized spacial score (nSPS) is 10.9. The lowest BCUT2D eigenvalue weighted by molar-refractivity contribution is -0.384. The van der Waals surface area contributed by atoms with E-state index >= 15 is 0 Å². The fourth-order valence-corrected chi connectivity index (χ4v) is 2.71. The maximum Gasteiger partial charge on any atom is 0.269 e. The second kappa shape index (κ2) is 5.57. The number of non-ortho nitro benzene ring substituents is 1. The molecule has 2 aromatic carbocycles. The number of benzene rings is 2. The third kappa shape index (κ3) is 2.62. The number of carbonyl (C=O) groups excluding carboxylic acids is 1. The molecule has 0 amide bonds. The first-order valence-electron chi connectivity index (χ1n) is 6.34. The number of fused-ring (bicyclic) bond motifs is 1.